The van der Waals surface area contributed by atoms with Gasteiger partial charge in [0.15, 0.2) is 6.61 Å². The monoisotopic (exact) mass is 381 g/mol. The predicted octanol–water partition coefficient (Wildman–Crippen LogP) is 0.970. The summed E-state index contributed by atoms with van der Waals surface area (Å²) in [6.45, 7) is 3.03. The van der Waals surface area contributed by atoms with Crippen molar-refractivity contribution in [2.75, 3.05) is 50.8 Å². The first kappa shape index (κ1) is 19.0. The molecule has 3 rings (SSSR count). The van der Waals surface area contributed by atoms with Gasteiger partial charge >= 0.3 is 0 Å². The summed E-state index contributed by atoms with van der Waals surface area (Å²) in [4.78, 5) is 28.2. The van der Waals surface area contributed by atoms with Gasteiger partial charge in [0.05, 0.1) is 0 Å². The van der Waals surface area contributed by atoms with Crippen LogP contribution in [-0.4, -0.2) is 78.5 Å². The Hall–Kier alpha value is -1.80. The molecule has 6 nitrogen and oxygen atoms in total. The quantitative estimate of drug-likeness (QED) is 0.824. The Kier molecular flexibility index (Phi) is 6.73. The highest BCUT2D eigenvalue weighted by molar-refractivity contribution is 7.99. The summed E-state index contributed by atoms with van der Waals surface area (Å²) in [6, 6.07) is 5.84. The van der Waals surface area contributed by atoms with Gasteiger partial charge in [-0.1, -0.05) is 0 Å². The molecule has 1 aromatic rings. The molecule has 2 fully saturated rings. The van der Waals surface area contributed by atoms with Crippen molar-refractivity contribution in [3.63, 3.8) is 0 Å². The summed E-state index contributed by atoms with van der Waals surface area (Å²) in [5.74, 6) is 2.24. The highest BCUT2D eigenvalue weighted by Gasteiger charge is 2.26. The minimum Gasteiger partial charge on any atom is -0.484 e. The maximum atomic E-state index is 12.9. The van der Waals surface area contributed by atoms with Crippen LogP contribution >= 0.6 is 11.8 Å². The number of nitrogens with one attached hydrogen (secondary N) is 1. The molecule has 2 heterocycles. The van der Waals surface area contributed by atoms with E-state index in [2.05, 4.69) is 5.32 Å². The van der Waals surface area contributed by atoms with E-state index in [0.29, 0.717) is 38.3 Å². The molecule has 26 heavy (non-hydrogen) atoms. The van der Waals surface area contributed by atoms with Gasteiger partial charge in [0.1, 0.15) is 11.6 Å². The van der Waals surface area contributed by atoms with E-state index in [9.17, 15) is 14.0 Å². The molecule has 2 saturated heterocycles. The highest BCUT2D eigenvalue weighted by atomic mass is 32.2. The normalized spacial score (nSPS) is 20.7. The number of amides is 2. The molecule has 0 aromatic heterocycles. The molecular formula is C18H24FN3O3S. The van der Waals surface area contributed by atoms with Gasteiger partial charge in [-0.2, -0.15) is 11.8 Å². The first-order chi connectivity index (χ1) is 12.6. The molecule has 0 bridgehead atoms. The van der Waals surface area contributed by atoms with Crippen molar-refractivity contribution < 1.29 is 18.7 Å². The molecule has 1 atom stereocenters. The largest absolute Gasteiger partial charge is 0.484 e. The number of piperazine rings is 1. The topological polar surface area (TPSA) is 61.9 Å². The molecule has 0 saturated carbocycles. The van der Waals surface area contributed by atoms with E-state index in [4.69, 9.17) is 4.74 Å². The van der Waals surface area contributed by atoms with Crippen molar-refractivity contribution in [2.24, 2.45) is 0 Å². The summed E-state index contributed by atoms with van der Waals surface area (Å²) < 4.78 is 18.3. The zero-order valence-corrected chi connectivity index (χ0v) is 15.5. The Bertz CT molecular complexity index is 615. The van der Waals surface area contributed by atoms with E-state index in [1.165, 1.54) is 24.3 Å². The summed E-state index contributed by atoms with van der Waals surface area (Å²) in [5, 5.41) is 3.38. The lowest BCUT2D eigenvalue weighted by Gasteiger charge is -2.35. The zero-order valence-electron chi connectivity index (χ0n) is 14.7. The van der Waals surface area contributed by atoms with E-state index in [-0.39, 0.29) is 30.3 Å². The molecule has 0 radical (unpaired) electrons. The van der Waals surface area contributed by atoms with Crippen molar-refractivity contribution in [3.8, 4) is 5.75 Å². The number of halogens is 1. The minimum atomic E-state index is -0.341. The van der Waals surface area contributed by atoms with Gasteiger partial charge in [0.25, 0.3) is 5.91 Å². The van der Waals surface area contributed by atoms with Crippen LogP contribution in [0.1, 0.15) is 6.42 Å². The molecule has 1 aromatic carbocycles. The second kappa shape index (κ2) is 9.23. The summed E-state index contributed by atoms with van der Waals surface area (Å²) in [6.07, 6.45) is 0.522. The molecule has 2 aliphatic heterocycles. The number of rotatable bonds is 5. The fraction of sp³-hybridized carbons (Fsp3) is 0.556. The number of ether oxygens (including phenoxy) is 1. The van der Waals surface area contributed by atoms with Crippen LogP contribution in [0, 0.1) is 5.82 Å². The average molecular weight is 381 g/mol. The van der Waals surface area contributed by atoms with Gasteiger partial charge in [0, 0.05) is 56.7 Å². The van der Waals surface area contributed by atoms with Crippen molar-refractivity contribution in [1.82, 2.24) is 15.1 Å². The molecule has 0 spiro atoms. The maximum absolute atomic E-state index is 12.9. The van der Waals surface area contributed by atoms with Gasteiger partial charge in [-0.15, -0.1) is 0 Å². The van der Waals surface area contributed by atoms with Crippen LogP contribution in [0.15, 0.2) is 24.3 Å². The van der Waals surface area contributed by atoms with E-state index >= 15 is 0 Å². The number of carbonyl (C=O) groups excluding carboxylic acids is 2. The maximum Gasteiger partial charge on any atom is 0.260 e. The average Bonchev–Trinajstić information content (AvgIpc) is 2.68. The van der Waals surface area contributed by atoms with Crippen LogP contribution in [0.2, 0.25) is 0 Å². The van der Waals surface area contributed by atoms with E-state index in [1.807, 2.05) is 16.7 Å². The fourth-order valence-electron chi connectivity index (χ4n) is 3.06. The summed E-state index contributed by atoms with van der Waals surface area (Å²) in [7, 11) is 0. The molecule has 2 amide bonds. The Labute approximate surface area is 157 Å². The number of thioether (sulfide) groups is 1. The summed E-state index contributed by atoms with van der Waals surface area (Å²) in [5.41, 5.74) is 0. The number of hydrogen-bond donors (Lipinski definition) is 1. The van der Waals surface area contributed by atoms with Gasteiger partial charge in [-0.3, -0.25) is 9.59 Å². The number of hydrogen-bond acceptors (Lipinski definition) is 5. The van der Waals surface area contributed by atoms with Crippen molar-refractivity contribution >= 4 is 23.6 Å². The Morgan fingerprint density at radius 2 is 1.77 bits per heavy atom. The number of carbonyl (C=O) groups is 2. The van der Waals surface area contributed by atoms with Crippen LogP contribution in [0.5, 0.6) is 5.75 Å². The zero-order chi connectivity index (χ0) is 18.4. The lowest BCUT2D eigenvalue weighted by Crippen LogP contribution is -2.52. The Morgan fingerprint density at radius 1 is 1.12 bits per heavy atom. The molecule has 8 heteroatoms. The number of benzene rings is 1. The Balaban J connectivity index is 1.39. The standard InChI is InChI=1S/C18H24FN3O3S/c19-14-1-3-16(4-2-14)25-12-18(24)22-8-6-21(7-9-22)17(23)11-15-13-26-10-5-20-15/h1-4,15,20H,5-13H2. The molecule has 142 valence electrons. The predicted molar refractivity (Wildman–Crippen MR) is 98.8 cm³/mol. The van der Waals surface area contributed by atoms with Gasteiger partial charge in [0.2, 0.25) is 5.91 Å². The smallest absolute Gasteiger partial charge is 0.260 e. The lowest BCUT2D eigenvalue weighted by molar-refractivity contribution is -0.140. The first-order valence-electron chi connectivity index (χ1n) is 8.87. The third-order valence-corrected chi connectivity index (χ3v) is 5.71. The minimum absolute atomic E-state index is 0.0806. The molecular weight excluding hydrogens is 357 g/mol. The lowest BCUT2D eigenvalue weighted by atomic mass is 10.2. The van der Waals surface area contributed by atoms with Crippen molar-refractivity contribution in [1.29, 1.82) is 0 Å². The third kappa shape index (κ3) is 5.35. The second-order valence-corrected chi connectivity index (χ2v) is 7.58. The molecule has 1 N–H and O–H groups in total. The van der Waals surface area contributed by atoms with Crippen molar-refractivity contribution in [2.45, 2.75) is 12.5 Å². The first-order valence-corrected chi connectivity index (χ1v) is 10.0. The van der Waals surface area contributed by atoms with Crippen LogP contribution in [0.25, 0.3) is 0 Å². The van der Waals surface area contributed by atoms with Crippen LogP contribution in [0.4, 0.5) is 4.39 Å². The fourth-order valence-corrected chi connectivity index (χ4v) is 4.01. The molecule has 2 aliphatic rings. The summed E-state index contributed by atoms with van der Waals surface area (Å²) >= 11 is 1.88. The second-order valence-electron chi connectivity index (χ2n) is 6.43. The van der Waals surface area contributed by atoms with Crippen molar-refractivity contribution in [3.05, 3.63) is 30.1 Å². The van der Waals surface area contributed by atoms with Crippen LogP contribution in [-0.2, 0) is 9.59 Å². The SMILES string of the molecule is O=C(COc1ccc(F)cc1)N1CCN(C(=O)CC2CSCCN2)CC1. The Morgan fingerprint density at radius 3 is 2.38 bits per heavy atom. The van der Waals surface area contributed by atoms with Crippen LogP contribution < -0.4 is 10.1 Å². The van der Waals surface area contributed by atoms with Gasteiger partial charge < -0.3 is 19.9 Å². The van der Waals surface area contributed by atoms with E-state index in [0.717, 1.165) is 18.1 Å². The van der Waals surface area contributed by atoms with Gasteiger partial charge in [-0.25, -0.2) is 4.39 Å². The van der Waals surface area contributed by atoms with E-state index in [1.54, 1.807) is 4.90 Å². The van der Waals surface area contributed by atoms with E-state index < -0.39 is 0 Å². The van der Waals surface area contributed by atoms with Crippen LogP contribution in [0.3, 0.4) is 0 Å². The van der Waals surface area contributed by atoms with Gasteiger partial charge in [-0.05, 0) is 24.3 Å². The molecule has 1 unspecified atom stereocenters. The molecule has 0 aliphatic carbocycles. The highest BCUT2D eigenvalue weighted by Crippen LogP contribution is 2.14. The third-order valence-electron chi connectivity index (χ3n) is 4.58. The number of nitrogens with zero attached hydrogens (tertiary/aromatic N) is 2.